The van der Waals surface area contributed by atoms with Gasteiger partial charge in [0, 0.05) is 19.0 Å². The highest BCUT2D eigenvalue weighted by atomic mass is 16.5. The SMILES string of the molecule is CC(O)c1ncc[nH]1.NC(CO)(CO)COc1ccc(-c2ccc(/C=C/CCO)cc2)cc1. The lowest BCUT2D eigenvalue weighted by Gasteiger charge is -2.24. The number of rotatable bonds is 10. The molecule has 1 heterocycles. The Bertz CT molecular complexity index is 935. The Balaban J connectivity index is 0.000000405. The number of aliphatic hydroxyl groups is 4. The predicted molar refractivity (Wildman–Crippen MR) is 128 cm³/mol. The number of hydrogen-bond acceptors (Lipinski definition) is 7. The van der Waals surface area contributed by atoms with Crippen LogP contribution in [0.3, 0.4) is 0 Å². The first-order chi connectivity index (χ1) is 15.9. The molecule has 3 aromatic rings. The van der Waals surface area contributed by atoms with Crippen LogP contribution in [0.5, 0.6) is 5.75 Å². The van der Waals surface area contributed by atoms with E-state index in [0.29, 0.717) is 18.0 Å². The van der Waals surface area contributed by atoms with Gasteiger partial charge in [0.05, 0.1) is 18.8 Å². The fraction of sp³-hybridized carbons (Fsp3) is 0.320. The van der Waals surface area contributed by atoms with Gasteiger partial charge in [0.1, 0.15) is 24.3 Å². The summed E-state index contributed by atoms with van der Waals surface area (Å²) in [4.78, 5) is 6.59. The Morgan fingerprint density at radius 2 is 1.64 bits per heavy atom. The third-order valence-electron chi connectivity index (χ3n) is 4.78. The third kappa shape index (κ3) is 8.80. The molecule has 178 valence electrons. The molecule has 0 aliphatic rings. The predicted octanol–water partition coefficient (Wildman–Crippen LogP) is 2.27. The summed E-state index contributed by atoms with van der Waals surface area (Å²) in [6, 6.07) is 15.7. The summed E-state index contributed by atoms with van der Waals surface area (Å²) >= 11 is 0. The van der Waals surface area contributed by atoms with E-state index in [0.717, 1.165) is 16.7 Å². The molecule has 7 N–H and O–H groups in total. The van der Waals surface area contributed by atoms with Crippen LogP contribution in [0.2, 0.25) is 0 Å². The Kier molecular flexibility index (Phi) is 10.8. The summed E-state index contributed by atoms with van der Waals surface area (Å²) in [5.41, 5.74) is 7.87. The highest BCUT2D eigenvalue weighted by Crippen LogP contribution is 2.23. The van der Waals surface area contributed by atoms with Gasteiger partial charge in [-0.25, -0.2) is 4.98 Å². The Labute approximate surface area is 194 Å². The van der Waals surface area contributed by atoms with Crippen molar-refractivity contribution in [3.8, 4) is 16.9 Å². The Morgan fingerprint density at radius 1 is 1.03 bits per heavy atom. The van der Waals surface area contributed by atoms with Gasteiger partial charge in [0.2, 0.25) is 0 Å². The zero-order valence-electron chi connectivity index (χ0n) is 18.8. The number of nitrogens with two attached hydrogens (primary N) is 1. The smallest absolute Gasteiger partial charge is 0.134 e. The van der Waals surface area contributed by atoms with Crippen molar-refractivity contribution in [2.45, 2.75) is 25.0 Å². The standard InChI is InChI=1S/C20H25NO4.C5H8N2O/c21-20(13-23,14-24)15-25-19-10-8-18(9-11-19)17-6-4-16(5-7-17)3-1-2-12-22;1-4(8)5-6-2-3-7-5/h1,3-11,22-24H,2,12-15,21H2;2-4,8H,1H3,(H,6,7)/b3-1+;. The summed E-state index contributed by atoms with van der Waals surface area (Å²) in [5, 5.41) is 35.9. The normalized spacial score (nSPS) is 12.3. The summed E-state index contributed by atoms with van der Waals surface area (Å²) in [5.74, 6) is 1.24. The molecule has 8 nitrogen and oxygen atoms in total. The van der Waals surface area contributed by atoms with Crippen molar-refractivity contribution in [1.82, 2.24) is 9.97 Å². The molecule has 0 radical (unpaired) electrons. The molecule has 8 heteroatoms. The number of ether oxygens (including phenoxy) is 1. The van der Waals surface area contributed by atoms with Crippen molar-refractivity contribution >= 4 is 6.08 Å². The first-order valence-electron chi connectivity index (χ1n) is 10.7. The first kappa shape index (κ1) is 26.2. The highest BCUT2D eigenvalue weighted by molar-refractivity contribution is 5.66. The van der Waals surface area contributed by atoms with Crippen LogP contribution in [-0.4, -0.2) is 62.4 Å². The number of H-pyrrole nitrogens is 1. The van der Waals surface area contributed by atoms with Crippen molar-refractivity contribution < 1.29 is 25.2 Å². The summed E-state index contributed by atoms with van der Waals surface area (Å²) in [7, 11) is 0. The maximum atomic E-state index is 9.16. The topological polar surface area (TPSA) is 145 Å². The number of benzene rings is 2. The van der Waals surface area contributed by atoms with Gasteiger partial charge in [-0.3, -0.25) is 0 Å². The van der Waals surface area contributed by atoms with Crippen LogP contribution in [-0.2, 0) is 0 Å². The quantitative estimate of drug-likeness (QED) is 0.275. The highest BCUT2D eigenvalue weighted by Gasteiger charge is 2.24. The van der Waals surface area contributed by atoms with E-state index in [1.54, 1.807) is 19.3 Å². The molecule has 1 atom stereocenters. The average Bonchev–Trinajstić information content (AvgIpc) is 3.40. The number of nitrogens with one attached hydrogen (secondary N) is 1. The molecule has 0 saturated carbocycles. The van der Waals surface area contributed by atoms with E-state index >= 15 is 0 Å². The Hall–Kier alpha value is -3.01. The van der Waals surface area contributed by atoms with E-state index in [1.807, 2.05) is 60.7 Å². The van der Waals surface area contributed by atoms with Crippen molar-refractivity contribution in [3.63, 3.8) is 0 Å². The zero-order valence-corrected chi connectivity index (χ0v) is 18.8. The molecule has 0 bridgehead atoms. The van der Waals surface area contributed by atoms with Gasteiger partial charge in [0.25, 0.3) is 0 Å². The molecular formula is C25H33N3O5. The molecule has 0 saturated heterocycles. The van der Waals surface area contributed by atoms with E-state index in [4.69, 9.17) is 30.9 Å². The van der Waals surface area contributed by atoms with Crippen molar-refractivity contribution in [2.75, 3.05) is 26.4 Å². The maximum absolute atomic E-state index is 9.16. The molecule has 3 rings (SSSR count). The van der Waals surface area contributed by atoms with Crippen LogP contribution in [0.4, 0.5) is 0 Å². The zero-order chi connectivity index (χ0) is 24.1. The number of aliphatic hydroxyl groups excluding tert-OH is 4. The first-order valence-corrected chi connectivity index (χ1v) is 10.7. The Morgan fingerprint density at radius 3 is 2.09 bits per heavy atom. The number of nitrogens with zero attached hydrogens (tertiary/aromatic N) is 1. The fourth-order valence-electron chi connectivity index (χ4n) is 2.70. The summed E-state index contributed by atoms with van der Waals surface area (Å²) < 4.78 is 5.54. The van der Waals surface area contributed by atoms with E-state index in [2.05, 4.69) is 9.97 Å². The molecule has 0 aliphatic heterocycles. The van der Waals surface area contributed by atoms with Gasteiger partial charge in [-0.05, 0) is 42.2 Å². The van der Waals surface area contributed by atoms with E-state index < -0.39 is 11.6 Å². The van der Waals surface area contributed by atoms with Crippen molar-refractivity contribution in [3.05, 3.63) is 78.4 Å². The van der Waals surface area contributed by atoms with Gasteiger partial charge in [0.15, 0.2) is 0 Å². The van der Waals surface area contributed by atoms with Crippen LogP contribution >= 0.6 is 0 Å². The molecule has 1 aromatic heterocycles. The van der Waals surface area contributed by atoms with Gasteiger partial charge in [-0.2, -0.15) is 0 Å². The lowest BCUT2D eigenvalue weighted by Crippen LogP contribution is -2.52. The molecule has 2 aromatic carbocycles. The average molecular weight is 456 g/mol. The number of aromatic amines is 1. The van der Waals surface area contributed by atoms with E-state index in [1.165, 1.54) is 0 Å². The molecule has 33 heavy (non-hydrogen) atoms. The van der Waals surface area contributed by atoms with Crippen LogP contribution in [0, 0.1) is 0 Å². The molecule has 0 fully saturated rings. The molecular weight excluding hydrogens is 422 g/mol. The van der Waals surface area contributed by atoms with Gasteiger partial charge < -0.3 is 35.9 Å². The number of hydrogen-bond donors (Lipinski definition) is 6. The third-order valence-corrected chi connectivity index (χ3v) is 4.78. The van der Waals surface area contributed by atoms with Crippen LogP contribution in [0.25, 0.3) is 17.2 Å². The minimum absolute atomic E-state index is 0.0359. The van der Waals surface area contributed by atoms with Gasteiger partial charge in [-0.15, -0.1) is 0 Å². The molecule has 0 amide bonds. The van der Waals surface area contributed by atoms with Gasteiger partial charge >= 0.3 is 0 Å². The second-order valence-electron chi connectivity index (χ2n) is 7.68. The lowest BCUT2D eigenvalue weighted by atomic mass is 10.0. The summed E-state index contributed by atoms with van der Waals surface area (Å²) in [6.45, 7) is 1.17. The largest absolute Gasteiger partial charge is 0.491 e. The summed E-state index contributed by atoms with van der Waals surface area (Å²) in [6.07, 6.45) is 7.39. The minimum atomic E-state index is -1.14. The molecule has 0 aliphatic carbocycles. The minimum Gasteiger partial charge on any atom is -0.491 e. The van der Waals surface area contributed by atoms with Crippen LogP contribution in [0.15, 0.2) is 67.0 Å². The van der Waals surface area contributed by atoms with Crippen molar-refractivity contribution in [2.24, 2.45) is 5.73 Å². The fourth-order valence-corrected chi connectivity index (χ4v) is 2.70. The second-order valence-corrected chi connectivity index (χ2v) is 7.68. The maximum Gasteiger partial charge on any atom is 0.134 e. The van der Waals surface area contributed by atoms with Crippen molar-refractivity contribution in [1.29, 1.82) is 0 Å². The van der Waals surface area contributed by atoms with Crippen LogP contribution in [0.1, 0.15) is 30.8 Å². The molecule has 1 unspecified atom stereocenters. The lowest BCUT2D eigenvalue weighted by molar-refractivity contribution is 0.0785. The van der Waals surface area contributed by atoms with E-state index in [9.17, 15) is 0 Å². The molecule has 0 spiro atoms. The monoisotopic (exact) mass is 455 g/mol. The number of aromatic nitrogens is 2. The number of imidazole rings is 1. The van der Waals surface area contributed by atoms with Crippen LogP contribution < -0.4 is 10.5 Å². The van der Waals surface area contributed by atoms with Gasteiger partial charge in [-0.1, -0.05) is 48.6 Å². The van der Waals surface area contributed by atoms with E-state index in [-0.39, 0.29) is 26.4 Å². The second kappa shape index (κ2) is 13.5.